The normalized spacial score (nSPS) is 47.0. The highest BCUT2D eigenvalue weighted by molar-refractivity contribution is 5.03. The van der Waals surface area contributed by atoms with E-state index < -0.39 is 0 Å². The van der Waals surface area contributed by atoms with Crippen molar-refractivity contribution in [1.29, 1.82) is 0 Å². The summed E-state index contributed by atoms with van der Waals surface area (Å²) in [6, 6.07) is 0. The van der Waals surface area contributed by atoms with Crippen LogP contribution in [-0.2, 0) is 0 Å². The molecule has 2 aliphatic carbocycles. The molecule has 2 fully saturated rings. The summed E-state index contributed by atoms with van der Waals surface area (Å²) in [4.78, 5) is 0. The van der Waals surface area contributed by atoms with Crippen LogP contribution in [0, 0.1) is 17.8 Å². The molecule has 0 amide bonds. The van der Waals surface area contributed by atoms with Crippen LogP contribution in [0.4, 0.5) is 0 Å². The number of aliphatic hydroxyl groups excluding tert-OH is 1. The van der Waals surface area contributed by atoms with Crippen molar-refractivity contribution in [2.45, 2.75) is 44.8 Å². The Hall–Kier alpha value is -0.0800. The Morgan fingerprint density at radius 3 is 2.42 bits per heavy atom. The first-order valence-corrected chi connectivity index (χ1v) is 4.95. The number of hydrogen-bond acceptors (Lipinski definition) is 2. The maximum atomic E-state index is 9.45. The van der Waals surface area contributed by atoms with Crippen molar-refractivity contribution in [3.05, 3.63) is 0 Å². The van der Waals surface area contributed by atoms with Gasteiger partial charge in [-0.15, -0.1) is 0 Å². The van der Waals surface area contributed by atoms with E-state index in [1.54, 1.807) is 0 Å². The van der Waals surface area contributed by atoms with Gasteiger partial charge in [-0.3, -0.25) is 0 Å². The summed E-state index contributed by atoms with van der Waals surface area (Å²) in [6.45, 7) is 4.22. The maximum absolute atomic E-state index is 9.45. The molecule has 70 valence electrons. The molecule has 0 aromatic carbocycles. The van der Waals surface area contributed by atoms with Gasteiger partial charge in [0.2, 0.25) is 0 Å². The van der Waals surface area contributed by atoms with E-state index in [2.05, 4.69) is 13.8 Å². The third-order valence-electron chi connectivity index (χ3n) is 3.75. The molecular formula is C10H19NO. The zero-order chi connectivity index (χ0) is 8.93. The SMILES string of the molecule is CC(C)(N)C1CC2C[C@H](O)C[C@H]21. The van der Waals surface area contributed by atoms with Crippen molar-refractivity contribution in [2.24, 2.45) is 23.5 Å². The molecule has 2 nitrogen and oxygen atoms in total. The van der Waals surface area contributed by atoms with Crippen LogP contribution in [0.3, 0.4) is 0 Å². The van der Waals surface area contributed by atoms with E-state index in [1.165, 1.54) is 6.42 Å². The van der Waals surface area contributed by atoms with E-state index in [1.807, 2.05) is 0 Å². The van der Waals surface area contributed by atoms with Crippen molar-refractivity contribution >= 4 is 0 Å². The summed E-state index contributed by atoms with van der Waals surface area (Å²) in [5.41, 5.74) is 6.02. The number of nitrogens with two attached hydrogens (primary N) is 1. The lowest BCUT2D eigenvalue weighted by Gasteiger charge is -2.47. The van der Waals surface area contributed by atoms with Crippen LogP contribution in [0.15, 0.2) is 0 Å². The van der Waals surface area contributed by atoms with Crippen molar-refractivity contribution < 1.29 is 5.11 Å². The molecule has 0 aliphatic heterocycles. The van der Waals surface area contributed by atoms with Crippen molar-refractivity contribution in [2.75, 3.05) is 0 Å². The van der Waals surface area contributed by atoms with Gasteiger partial charge in [0, 0.05) is 5.54 Å². The van der Waals surface area contributed by atoms with Crippen LogP contribution in [0.2, 0.25) is 0 Å². The Balaban J connectivity index is 2.00. The molecule has 0 saturated heterocycles. The molecule has 2 aliphatic rings. The Morgan fingerprint density at radius 1 is 1.25 bits per heavy atom. The minimum atomic E-state index is -0.0365. The number of aliphatic hydroxyl groups is 1. The minimum Gasteiger partial charge on any atom is -0.393 e. The first-order valence-electron chi connectivity index (χ1n) is 4.95. The number of rotatable bonds is 1. The standard InChI is InChI=1S/C10H19NO/c1-10(2,11)9-4-6-3-7(12)5-8(6)9/h6-9,12H,3-5,11H2,1-2H3/t6?,7-,8+,9?/m0/s1. The average molecular weight is 169 g/mol. The molecular weight excluding hydrogens is 150 g/mol. The van der Waals surface area contributed by atoms with Gasteiger partial charge in [0.1, 0.15) is 0 Å². The lowest BCUT2D eigenvalue weighted by Crippen LogP contribution is -2.51. The second-order valence-corrected chi connectivity index (χ2v) is 5.21. The molecule has 12 heavy (non-hydrogen) atoms. The van der Waals surface area contributed by atoms with Crippen LogP contribution in [0.25, 0.3) is 0 Å². The monoisotopic (exact) mass is 169 g/mol. The van der Waals surface area contributed by atoms with E-state index in [0.29, 0.717) is 5.92 Å². The lowest BCUT2D eigenvalue weighted by molar-refractivity contribution is 0.0449. The fourth-order valence-corrected chi connectivity index (χ4v) is 3.05. The molecule has 4 atom stereocenters. The highest BCUT2D eigenvalue weighted by atomic mass is 16.3. The summed E-state index contributed by atoms with van der Waals surface area (Å²) < 4.78 is 0. The predicted octanol–water partition coefficient (Wildman–Crippen LogP) is 1.13. The van der Waals surface area contributed by atoms with Gasteiger partial charge in [-0.05, 0) is 50.9 Å². The molecule has 2 unspecified atom stereocenters. The molecule has 0 bridgehead atoms. The Morgan fingerprint density at radius 2 is 1.92 bits per heavy atom. The molecule has 3 N–H and O–H groups in total. The van der Waals surface area contributed by atoms with Crippen molar-refractivity contribution in [3.63, 3.8) is 0 Å². The first kappa shape index (κ1) is 8.52. The molecule has 0 aromatic rings. The molecule has 0 aromatic heterocycles. The predicted molar refractivity (Wildman–Crippen MR) is 48.6 cm³/mol. The third kappa shape index (κ3) is 1.17. The van der Waals surface area contributed by atoms with E-state index in [9.17, 15) is 5.11 Å². The highest BCUT2D eigenvalue weighted by Crippen LogP contribution is 2.54. The van der Waals surface area contributed by atoms with Gasteiger partial charge in [-0.1, -0.05) is 0 Å². The zero-order valence-electron chi connectivity index (χ0n) is 7.96. The molecule has 2 saturated carbocycles. The molecule has 0 heterocycles. The largest absolute Gasteiger partial charge is 0.393 e. The van der Waals surface area contributed by atoms with Crippen LogP contribution >= 0.6 is 0 Å². The van der Waals surface area contributed by atoms with Gasteiger partial charge in [0.15, 0.2) is 0 Å². The van der Waals surface area contributed by atoms with E-state index >= 15 is 0 Å². The third-order valence-corrected chi connectivity index (χ3v) is 3.75. The Labute approximate surface area is 74.1 Å². The number of hydrogen-bond donors (Lipinski definition) is 2. The number of fused-ring (bicyclic) bond motifs is 1. The summed E-state index contributed by atoms with van der Waals surface area (Å²) in [5, 5.41) is 9.45. The van der Waals surface area contributed by atoms with Gasteiger partial charge >= 0.3 is 0 Å². The van der Waals surface area contributed by atoms with Crippen LogP contribution in [0.1, 0.15) is 33.1 Å². The maximum Gasteiger partial charge on any atom is 0.0545 e. The second kappa shape index (κ2) is 2.46. The smallest absolute Gasteiger partial charge is 0.0545 e. The average Bonchev–Trinajstić information content (AvgIpc) is 2.11. The van der Waals surface area contributed by atoms with E-state index in [-0.39, 0.29) is 11.6 Å². The van der Waals surface area contributed by atoms with Gasteiger partial charge in [-0.2, -0.15) is 0 Å². The second-order valence-electron chi connectivity index (χ2n) is 5.21. The van der Waals surface area contributed by atoms with E-state index in [4.69, 9.17) is 5.73 Å². The first-order chi connectivity index (χ1) is 5.48. The summed E-state index contributed by atoms with van der Waals surface area (Å²) in [6.07, 6.45) is 3.23. The summed E-state index contributed by atoms with van der Waals surface area (Å²) >= 11 is 0. The lowest BCUT2D eigenvalue weighted by atomic mass is 9.60. The quantitative estimate of drug-likeness (QED) is 0.618. The molecule has 0 spiro atoms. The molecule has 2 heteroatoms. The van der Waals surface area contributed by atoms with Gasteiger partial charge < -0.3 is 10.8 Å². The molecule has 2 rings (SSSR count). The van der Waals surface area contributed by atoms with E-state index in [0.717, 1.165) is 24.7 Å². The summed E-state index contributed by atoms with van der Waals surface area (Å²) in [7, 11) is 0. The van der Waals surface area contributed by atoms with Gasteiger partial charge in [0.05, 0.1) is 6.10 Å². The van der Waals surface area contributed by atoms with Gasteiger partial charge in [0.25, 0.3) is 0 Å². The van der Waals surface area contributed by atoms with Crippen molar-refractivity contribution in [1.82, 2.24) is 0 Å². The molecule has 0 radical (unpaired) electrons. The Kier molecular flexibility index (Phi) is 1.74. The zero-order valence-corrected chi connectivity index (χ0v) is 7.96. The summed E-state index contributed by atoms with van der Waals surface area (Å²) in [5.74, 6) is 2.16. The topological polar surface area (TPSA) is 46.2 Å². The van der Waals surface area contributed by atoms with Gasteiger partial charge in [-0.25, -0.2) is 0 Å². The fourth-order valence-electron chi connectivity index (χ4n) is 3.05. The minimum absolute atomic E-state index is 0.0349. The fraction of sp³-hybridized carbons (Fsp3) is 1.00. The van der Waals surface area contributed by atoms with Crippen LogP contribution in [-0.4, -0.2) is 16.7 Å². The highest BCUT2D eigenvalue weighted by Gasteiger charge is 2.51. The van der Waals surface area contributed by atoms with Crippen LogP contribution < -0.4 is 5.73 Å². The Bertz CT molecular complexity index is 185. The van der Waals surface area contributed by atoms with Crippen LogP contribution in [0.5, 0.6) is 0 Å². The van der Waals surface area contributed by atoms with Crippen molar-refractivity contribution in [3.8, 4) is 0 Å².